The number of hydrogen-bond donors (Lipinski definition) is 1. The van der Waals surface area contributed by atoms with Crippen LogP contribution >= 0.6 is 0 Å². The van der Waals surface area contributed by atoms with E-state index < -0.39 is 0 Å². The number of pyridine rings is 1. The molecule has 0 radical (unpaired) electrons. The van der Waals surface area contributed by atoms with Crippen LogP contribution in [0.25, 0.3) is 0 Å². The van der Waals surface area contributed by atoms with Crippen LogP contribution in [0, 0.1) is 5.92 Å². The maximum Gasteiger partial charge on any atom is 0.161 e. The molecule has 1 fully saturated rings. The zero-order valence-corrected chi connectivity index (χ0v) is 17.4. The van der Waals surface area contributed by atoms with E-state index in [-0.39, 0.29) is 0 Å². The Morgan fingerprint density at radius 1 is 1.11 bits per heavy atom. The average Bonchev–Trinajstić information content (AvgIpc) is 2.73. The molecule has 0 bridgehead atoms. The summed E-state index contributed by atoms with van der Waals surface area (Å²) in [5, 5.41) is 3.59. The third-order valence-corrected chi connectivity index (χ3v) is 5.58. The molecule has 0 amide bonds. The first-order valence-corrected chi connectivity index (χ1v) is 10.3. The zero-order chi connectivity index (χ0) is 19.8. The molecule has 1 N–H and O–H groups in total. The van der Waals surface area contributed by atoms with Crippen molar-refractivity contribution in [3.8, 4) is 11.5 Å². The second-order valence-electron chi connectivity index (χ2n) is 7.83. The molecule has 0 spiro atoms. The van der Waals surface area contributed by atoms with Gasteiger partial charge < -0.3 is 14.8 Å². The highest BCUT2D eigenvalue weighted by molar-refractivity contribution is 5.43. The summed E-state index contributed by atoms with van der Waals surface area (Å²) in [6.07, 6.45) is 6.19. The fourth-order valence-electron chi connectivity index (χ4n) is 3.61. The van der Waals surface area contributed by atoms with E-state index in [2.05, 4.69) is 41.2 Å². The molecule has 1 unspecified atom stereocenters. The SMILES string of the molecule is COc1cc(CNCC(C)N2CCC(C)CC2)ccc1OCc1ccncc1. The fourth-order valence-corrected chi connectivity index (χ4v) is 3.61. The van der Waals surface area contributed by atoms with Crippen molar-refractivity contribution in [2.24, 2.45) is 5.92 Å². The topological polar surface area (TPSA) is 46.6 Å². The van der Waals surface area contributed by atoms with Crippen LogP contribution in [-0.2, 0) is 13.2 Å². The maximum atomic E-state index is 5.92. The third-order valence-electron chi connectivity index (χ3n) is 5.58. The van der Waals surface area contributed by atoms with Crippen molar-refractivity contribution in [3.05, 3.63) is 53.9 Å². The second kappa shape index (κ2) is 10.4. The van der Waals surface area contributed by atoms with Gasteiger partial charge in [-0.3, -0.25) is 9.88 Å². The Hall–Kier alpha value is -2.11. The van der Waals surface area contributed by atoms with Gasteiger partial charge in [0, 0.05) is 31.5 Å². The number of ether oxygens (including phenoxy) is 2. The van der Waals surface area contributed by atoms with Crippen molar-refractivity contribution in [1.29, 1.82) is 0 Å². The van der Waals surface area contributed by atoms with Gasteiger partial charge in [0.25, 0.3) is 0 Å². The van der Waals surface area contributed by atoms with Gasteiger partial charge in [0.15, 0.2) is 11.5 Å². The van der Waals surface area contributed by atoms with E-state index in [9.17, 15) is 0 Å². The summed E-state index contributed by atoms with van der Waals surface area (Å²) >= 11 is 0. The third kappa shape index (κ3) is 5.94. The maximum absolute atomic E-state index is 5.92. The second-order valence-corrected chi connectivity index (χ2v) is 7.83. The highest BCUT2D eigenvalue weighted by atomic mass is 16.5. The molecule has 5 nitrogen and oxygen atoms in total. The lowest BCUT2D eigenvalue weighted by atomic mass is 9.98. The molecule has 28 heavy (non-hydrogen) atoms. The van der Waals surface area contributed by atoms with Gasteiger partial charge in [-0.15, -0.1) is 0 Å². The van der Waals surface area contributed by atoms with Gasteiger partial charge in [-0.2, -0.15) is 0 Å². The van der Waals surface area contributed by atoms with Gasteiger partial charge in [0.05, 0.1) is 7.11 Å². The van der Waals surface area contributed by atoms with Gasteiger partial charge in [-0.25, -0.2) is 0 Å². The van der Waals surface area contributed by atoms with Crippen molar-refractivity contribution in [1.82, 2.24) is 15.2 Å². The summed E-state index contributed by atoms with van der Waals surface area (Å²) in [5.41, 5.74) is 2.29. The van der Waals surface area contributed by atoms with E-state index in [1.54, 1.807) is 19.5 Å². The Labute approximate surface area is 169 Å². The Balaban J connectivity index is 1.48. The summed E-state index contributed by atoms with van der Waals surface area (Å²) in [6.45, 7) is 9.45. The zero-order valence-electron chi connectivity index (χ0n) is 17.4. The van der Waals surface area contributed by atoms with Gasteiger partial charge in [-0.1, -0.05) is 13.0 Å². The largest absolute Gasteiger partial charge is 0.493 e. The van der Waals surface area contributed by atoms with Crippen LogP contribution in [0.1, 0.15) is 37.8 Å². The minimum atomic E-state index is 0.502. The van der Waals surface area contributed by atoms with Gasteiger partial charge in [-0.05, 0) is 74.2 Å². The Morgan fingerprint density at radius 3 is 2.57 bits per heavy atom. The van der Waals surface area contributed by atoms with Crippen molar-refractivity contribution < 1.29 is 9.47 Å². The summed E-state index contributed by atoms with van der Waals surface area (Å²) < 4.78 is 11.5. The molecule has 5 heteroatoms. The highest BCUT2D eigenvalue weighted by Gasteiger charge is 2.19. The van der Waals surface area contributed by atoms with Crippen LogP contribution in [-0.4, -0.2) is 42.7 Å². The van der Waals surface area contributed by atoms with E-state index in [0.717, 1.165) is 36.1 Å². The molecule has 2 heterocycles. The van der Waals surface area contributed by atoms with Gasteiger partial charge in [0.2, 0.25) is 0 Å². The normalized spacial score (nSPS) is 16.7. The predicted octanol–water partition coefficient (Wildman–Crippen LogP) is 3.88. The minimum Gasteiger partial charge on any atom is -0.493 e. The first-order valence-electron chi connectivity index (χ1n) is 10.3. The molecule has 1 saturated heterocycles. The van der Waals surface area contributed by atoms with Gasteiger partial charge in [0.1, 0.15) is 6.61 Å². The molecule has 2 aromatic rings. The fraction of sp³-hybridized carbons (Fsp3) is 0.522. The van der Waals surface area contributed by atoms with Crippen LogP contribution in [0.4, 0.5) is 0 Å². The number of hydrogen-bond acceptors (Lipinski definition) is 5. The molecule has 152 valence electrons. The molecule has 1 aliphatic heterocycles. The molecule has 1 aliphatic rings. The van der Waals surface area contributed by atoms with E-state index in [0.29, 0.717) is 12.6 Å². The molecule has 0 aliphatic carbocycles. The summed E-state index contributed by atoms with van der Waals surface area (Å²) in [7, 11) is 1.69. The Morgan fingerprint density at radius 2 is 1.86 bits per heavy atom. The van der Waals surface area contributed by atoms with E-state index in [4.69, 9.17) is 9.47 Å². The predicted molar refractivity (Wildman–Crippen MR) is 113 cm³/mol. The lowest BCUT2D eigenvalue weighted by Crippen LogP contribution is -2.44. The van der Waals surface area contributed by atoms with Crippen LogP contribution in [0.15, 0.2) is 42.7 Å². The number of aromatic nitrogens is 1. The van der Waals surface area contributed by atoms with Crippen LogP contribution in [0.5, 0.6) is 11.5 Å². The monoisotopic (exact) mass is 383 g/mol. The molecule has 0 saturated carbocycles. The highest BCUT2D eigenvalue weighted by Crippen LogP contribution is 2.29. The first-order chi connectivity index (χ1) is 13.7. The quantitative estimate of drug-likeness (QED) is 0.712. The standard InChI is InChI=1S/C23H33N3O2/c1-18-8-12-26(13-9-18)19(2)15-25-16-21-4-5-22(23(14-21)27-3)28-17-20-6-10-24-11-7-20/h4-7,10-11,14,18-19,25H,8-9,12-13,15-17H2,1-3H3. The van der Waals surface area contributed by atoms with E-state index in [1.165, 1.54) is 31.5 Å². The molecule has 1 aromatic carbocycles. The van der Waals surface area contributed by atoms with Crippen molar-refractivity contribution >= 4 is 0 Å². The summed E-state index contributed by atoms with van der Waals surface area (Å²) in [5.74, 6) is 2.41. The van der Waals surface area contributed by atoms with Crippen LogP contribution in [0.2, 0.25) is 0 Å². The smallest absolute Gasteiger partial charge is 0.161 e. The van der Waals surface area contributed by atoms with E-state index in [1.807, 2.05) is 18.2 Å². The molecular weight excluding hydrogens is 350 g/mol. The first kappa shape index (κ1) is 20.6. The van der Waals surface area contributed by atoms with Crippen LogP contribution in [0.3, 0.4) is 0 Å². The van der Waals surface area contributed by atoms with Crippen molar-refractivity contribution in [2.75, 3.05) is 26.7 Å². The molecule has 3 rings (SSSR count). The number of methoxy groups -OCH3 is 1. The average molecular weight is 384 g/mol. The number of rotatable bonds is 9. The molecule has 1 aromatic heterocycles. The Kier molecular flexibility index (Phi) is 7.69. The lowest BCUT2D eigenvalue weighted by molar-refractivity contribution is 0.144. The minimum absolute atomic E-state index is 0.502. The molecule has 1 atom stereocenters. The van der Waals surface area contributed by atoms with Crippen LogP contribution < -0.4 is 14.8 Å². The summed E-state index contributed by atoms with van der Waals surface area (Å²) in [4.78, 5) is 6.63. The van der Waals surface area contributed by atoms with Crippen molar-refractivity contribution in [3.63, 3.8) is 0 Å². The van der Waals surface area contributed by atoms with Crippen molar-refractivity contribution in [2.45, 2.75) is 45.9 Å². The molecular formula is C23H33N3O2. The van der Waals surface area contributed by atoms with E-state index >= 15 is 0 Å². The summed E-state index contributed by atoms with van der Waals surface area (Å²) in [6, 6.07) is 10.6. The number of piperidine rings is 1. The number of benzene rings is 1. The number of nitrogens with zero attached hydrogens (tertiary/aromatic N) is 2. The number of nitrogens with one attached hydrogen (secondary N) is 1. The lowest BCUT2D eigenvalue weighted by Gasteiger charge is -2.35. The Bertz CT molecular complexity index is 715. The number of likely N-dealkylation sites (tertiary alicyclic amines) is 1. The van der Waals surface area contributed by atoms with Gasteiger partial charge >= 0.3 is 0 Å².